The van der Waals surface area contributed by atoms with Crippen LogP contribution in [0, 0.1) is 13.8 Å². The van der Waals surface area contributed by atoms with Crippen LogP contribution in [0.2, 0.25) is 0 Å². The van der Waals surface area contributed by atoms with Gasteiger partial charge in [0, 0.05) is 11.4 Å². The van der Waals surface area contributed by atoms with Gasteiger partial charge < -0.3 is 10.5 Å². The maximum absolute atomic E-state index is 11.9. The van der Waals surface area contributed by atoms with Crippen molar-refractivity contribution in [3.8, 4) is 0 Å². The van der Waals surface area contributed by atoms with Gasteiger partial charge in [0.25, 0.3) is 0 Å². The van der Waals surface area contributed by atoms with E-state index in [4.69, 9.17) is 10.5 Å². The second kappa shape index (κ2) is 5.52. The summed E-state index contributed by atoms with van der Waals surface area (Å²) in [7, 11) is 0. The van der Waals surface area contributed by atoms with Crippen molar-refractivity contribution in [1.82, 2.24) is 4.98 Å². The fourth-order valence-electron chi connectivity index (χ4n) is 1.81. The Bertz CT molecular complexity index is 609. The number of anilines is 1. The Morgan fingerprint density at radius 3 is 2.74 bits per heavy atom. The lowest BCUT2D eigenvalue weighted by Gasteiger charge is -2.07. The van der Waals surface area contributed by atoms with Gasteiger partial charge >= 0.3 is 5.97 Å². The summed E-state index contributed by atoms with van der Waals surface area (Å²) in [5.41, 5.74) is 9.26. The normalized spacial score (nSPS) is 10.2. The molecule has 4 heteroatoms. The molecule has 2 N–H and O–H groups in total. The predicted molar refractivity (Wildman–Crippen MR) is 73.7 cm³/mol. The topological polar surface area (TPSA) is 65.2 Å². The van der Waals surface area contributed by atoms with Crippen molar-refractivity contribution in [2.24, 2.45) is 0 Å². The first-order valence-electron chi connectivity index (χ1n) is 6.02. The molecular weight excluding hydrogens is 240 g/mol. The van der Waals surface area contributed by atoms with Crippen molar-refractivity contribution in [2.75, 3.05) is 5.73 Å². The van der Waals surface area contributed by atoms with Gasteiger partial charge in [-0.1, -0.05) is 6.07 Å². The highest BCUT2D eigenvalue weighted by Crippen LogP contribution is 2.14. The average Bonchev–Trinajstić information content (AvgIpc) is 2.36. The minimum atomic E-state index is -0.360. The SMILES string of the molecule is Cc1cccc(COC(=O)c2ccc(N)cc2C)n1. The first kappa shape index (κ1) is 13.1. The van der Waals surface area contributed by atoms with E-state index in [0.29, 0.717) is 11.3 Å². The summed E-state index contributed by atoms with van der Waals surface area (Å²) in [5.74, 6) is -0.360. The second-order valence-electron chi connectivity index (χ2n) is 4.42. The number of pyridine rings is 1. The molecule has 0 unspecified atom stereocenters. The van der Waals surface area contributed by atoms with Gasteiger partial charge in [-0.05, 0) is 49.7 Å². The lowest BCUT2D eigenvalue weighted by Crippen LogP contribution is -2.08. The Morgan fingerprint density at radius 2 is 2.05 bits per heavy atom. The van der Waals surface area contributed by atoms with Crippen molar-refractivity contribution in [1.29, 1.82) is 0 Å². The molecule has 2 aromatic rings. The molecule has 1 aromatic heterocycles. The monoisotopic (exact) mass is 256 g/mol. The van der Waals surface area contributed by atoms with Crippen LogP contribution in [-0.4, -0.2) is 11.0 Å². The van der Waals surface area contributed by atoms with E-state index >= 15 is 0 Å². The molecule has 0 aliphatic carbocycles. The van der Waals surface area contributed by atoms with E-state index in [1.165, 1.54) is 0 Å². The third kappa shape index (κ3) is 3.31. The quantitative estimate of drug-likeness (QED) is 0.677. The zero-order chi connectivity index (χ0) is 13.8. The molecule has 0 radical (unpaired) electrons. The predicted octanol–water partition coefficient (Wildman–Crippen LogP) is 2.64. The molecule has 0 atom stereocenters. The van der Waals surface area contributed by atoms with Gasteiger partial charge in [-0.2, -0.15) is 0 Å². The summed E-state index contributed by atoms with van der Waals surface area (Å²) in [6, 6.07) is 10.7. The first-order chi connectivity index (χ1) is 9.06. The van der Waals surface area contributed by atoms with Crippen molar-refractivity contribution in [3.63, 3.8) is 0 Å². The van der Waals surface area contributed by atoms with Crippen molar-refractivity contribution >= 4 is 11.7 Å². The number of aryl methyl sites for hydroxylation is 2. The number of ether oxygens (including phenoxy) is 1. The number of nitrogens with zero attached hydrogens (tertiary/aromatic N) is 1. The lowest BCUT2D eigenvalue weighted by atomic mass is 10.1. The summed E-state index contributed by atoms with van der Waals surface area (Å²) in [6.07, 6.45) is 0. The Hall–Kier alpha value is -2.36. The smallest absolute Gasteiger partial charge is 0.338 e. The fraction of sp³-hybridized carbons (Fsp3) is 0.200. The number of esters is 1. The highest BCUT2D eigenvalue weighted by molar-refractivity contribution is 5.91. The number of rotatable bonds is 3. The second-order valence-corrected chi connectivity index (χ2v) is 4.42. The maximum atomic E-state index is 11.9. The number of hydrogen-bond acceptors (Lipinski definition) is 4. The third-order valence-corrected chi connectivity index (χ3v) is 2.77. The van der Waals surface area contributed by atoms with Crippen LogP contribution in [0.3, 0.4) is 0 Å². The van der Waals surface area contributed by atoms with E-state index in [2.05, 4.69) is 4.98 Å². The van der Waals surface area contributed by atoms with Crippen molar-refractivity contribution in [3.05, 3.63) is 58.9 Å². The molecule has 0 saturated carbocycles. The van der Waals surface area contributed by atoms with Crippen molar-refractivity contribution < 1.29 is 9.53 Å². The molecule has 0 amide bonds. The summed E-state index contributed by atoms with van der Waals surface area (Å²) >= 11 is 0. The highest BCUT2D eigenvalue weighted by atomic mass is 16.5. The lowest BCUT2D eigenvalue weighted by molar-refractivity contribution is 0.0466. The van der Waals surface area contributed by atoms with Crippen LogP contribution in [-0.2, 0) is 11.3 Å². The molecule has 1 aromatic carbocycles. The van der Waals surface area contributed by atoms with Crippen molar-refractivity contribution in [2.45, 2.75) is 20.5 Å². The van der Waals surface area contributed by atoms with E-state index in [1.807, 2.05) is 32.0 Å². The van der Waals surface area contributed by atoms with Crippen LogP contribution in [0.5, 0.6) is 0 Å². The van der Waals surface area contributed by atoms with E-state index in [-0.39, 0.29) is 12.6 Å². The van der Waals surface area contributed by atoms with Gasteiger partial charge in [0.05, 0.1) is 11.3 Å². The van der Waals surface area contributed by atoms with E-state index < -0.39 is 0 Å². The van der Waals surface area contributed by atoms with Gasteiger partial charge in [-0.3, -0.25) is 4.98 Å². The maximum Gasteiger partial charge on any atom is 0.338 e. The largest absolute Gasteiger partial charge is 0.456 e. The number of carbonyl (C=O) groups is 1. The number of benzene rings is 1. The van der Waals surface area contributed by atoms with E-state index in [9.17, 15) is 4.79 Å². The number of carbonyl (C=O) groups excluding carboxylic acids is 1. The fourth-order valence-corrected chi connectivity index (χ4v) is 1.81. The summed E-state index contributed by atoms with van der Waals surface area (Å²) < 4.78 is 5.25. The first-order valence-corrected chi connectivity index (χ1v) is 6.02. The highest BCUT2D eigenvalue weighted by Gasteiger charge is 2.11. The van der Waals surface area contributed by atoms with Gasteiger partial charge in [0.2, 0.25) is 0 Å². The Labute approximate surface area is 112 Å². The van der Waals surface area contributed by atoms with Crippen LogP contribution in [0.1, 0.15) is 27.3 Å². The van der Waals surface area contributed by atoms with Crippen LogP contribution < -0.4 is 5.73 Å². The number of aromatic nitrogens is 1. The molecule has 0 aliphatic heterocycles. The van der Waals surface area contributed by atoms with Gasteiger partial charge in [-0.25, -0.2) is 4.79 Å². The van der Waals surface area contributed by atoms with Crippen LogP contribution >= 0.6 is 0 Å². The van der Waals surface area contributed by atoms with Gasteiger partial charge in [-0.15, -0.1) is 0 Å². The summed E-state index contributed by atoms with van der Waals surface area (Å²) in [6.45, 7) is 3.90. The Kier molecular flexibility index (Phi) is 3.80. The zero-order valence-electron chi connectivity index (χ0n) is 11.0. The molecule has 98 valence electrons. The van der Waals surface area contributed by atoms with E-state index in [1.54, 1.807) is 18.2 Å². The van der Waals surface area contributed by atoms with Gasteiger partial charge in [0.1, 0.15) is 6.61 Å². The van der Waals surface area contributed by atoms with Crippen LogP contribution in [0.25, 0.3) is 0 Å². The average molecular weight is 256 g/mol. The molecule has 0 saturated heterocycles. The molecule has 19 heavy (non-hydrogen) atoms. The zero-order valence-corrected chi connectivity index (χ0v) is 11.0. The molecule has 0 fully saturated rings. The molecule has 0 aliphatic rings. The molecule has 2 rings (SSSR count). The summed E-state index contributed by atoms with van der Waals surface area (Å²) in [5, 5.41) is 0. The number of hydrogen-bond donors (Lipinski definition) is 1. The van der Waals surface area contributed by atoms with Gasteiger partial charge in [0.15, 0.2) is 0 Å². The molecular formula is C15H16N2O2. The number of nitrogen functional groups attached to an aromatic ring is 1. The Balaban J connectivity index is 2.05. The minimum absolute atomic E-state index is 0.171. The Morgan fingerprint density at radius 1 is 1.26 bits per heavy atom. The van der Waals surface area contributed by atoms with Crippen LogP contribution in [0.4, 0.5) is 5.69 Å². The van der Waals surface area contributed by atoms with E-state index in [0.717, 1.165) is 17.0 Å². The standard InChI is InChI=1S/C15H16N2O2/c1-10-8-12(16)6-7-14(10)15(18)19-9-13-5-3-4-11(2)17-13/h3-8H,9,16H2,1-2H3. The third-order valence-electron chi connectivity index (χ3n) is 2.77. The molecule has 1 heterocycles. The molecule has 4 nitrogen and oxygen atoms in total. The molecule has 0 spiro atoms. The van der Waals surface area contributed by atoms with Crippen LogP contribution in [0.15, 0.2) is 36.4 Å². The molecule has 0 bridgehead atoms. The minimum Gasteiger partial charge on any atom is -0.456 e. The number of nitrogens with two attached hydrogens (primary N) is 1. The summed E-state index contributed by atoms with van der Waals surface area (Å²) in [4.78, 5) is 16.2.